The molecule has 2 aromatic rings. The van der Waals surface area contributed by atoms with E-state index in [0.29, 0.717) is 6.04 Å². The van der Waals surface area contributed by atoms with E-state index >= 15 is 0 Å². The Labute approximate surface area is 128 Å². The molecule has 0 aliphatic rings. The highest BCUT2D eigenvalue weighted by Gasteiger charge is 2.11. The normalized spacial score (nSPS) is 12.2. The van der Waals surface area contributed by atoms with Crippen LogP contribution >= 0.6 is 0 Å². The topological polar surface area (TPSA) is 21.3 Å². The molecule has 1 N–H and O–H groups in total. The summed E-state index contributed by atoms with van der Waals surface area (Å²) in [5, 5.41) is 3.58. The highest BCUT2D eigenvalue weighted by molar-refractivity contribution is 5.33. The standard InChI is InChI=1S/C19H25NO/c1-5-20-19(17-6-8-18(21-4)9-7-17)13-16-11-14(2)10-15(3)12-16/h6-12,19-20H,5,13H2,1-4H3. The summed E-state index contributed by atoms with van der Waals surface area (Å²) >= 11 is 0. The molecule has 2 aromatic carbocycles. The summed E-state index contributed by atoms with van der Waals surface area (Å²) in [6, 6.07) is 15.5. The SMILES string of the molecule is CCNC(Cc1cc(C)cc(C)c1)c1ccc(OC)cc1. The Kier molecular flexibility index (Phi) is 5.40. The quantitative estimate of drug-likeness (QED) is 0.857. The van der Waals surface area contributed by atoms with Gasteiger partial charge in [-0.1, -0.05) is 48.4 Å². The summed E-state index contributed by atoms with van der Waals surface area (Å²) in [6.07, 6.45) is 1.00. The molecule has 0 bridgehead atoms. The Balaban J connectivity index is 2.21. The molecule has 2 rings (SSSR count). The molecule has 1 atom stereocenters. The first kappa shape index (κ1) is 15.6. The Bertz CT molecular complexity index is 554. The number of hydrogen-bond acceptors (Lipinski definition) is 2. The van der Waals surface area contributed by atoms with Gasteiger partial charge < -0.3 is 10.1 Å². The zero-order chi connectivity index (χ0) is 15.2. The van der Waals surface area contributed by atoms with Crippen LogP contribution < -0.4 is 10.1 Å². The second-order valence-corrected chi connectivity index (χ2v) is 5.58. The van der Waals surface area contributed by atoms with Gasteiger partial charge in [-0.05, 0) is 50.1 Å². The number of ether oxygens (including phenoxy) is 1. The molecule has 0 fully saturated rings. The average molecular weight is 283 g/mol. The minimum Gasteiger partial charge on any atom is -0.497 e. The van der Waals surface area contributed by atoms with E-state index in [1.54, 1.807) is 7.11 Å². The first-order chi connectivity index (χ1) is 10.1. The first-order valence-electron chi connectivity index (χ1n) is 7.57. The fraction of sp³-hybridized carbons (Fsp3) is 0.368. The molecule has 2 heteroatoms. The van der Waals surface area contributed by atoms with E-state index < -0.39 is 0 Å². The number of hydrogen-bond donors (Lipinski definition) is 1. The van der Waals surface area contributed by atoms with Gasteiger partial charge in [0.25, 0.3) is 0 Å². The molecule has 0 saturated carbocycles. The van der Waals surface area contributed by atoms with Gasteiger partial charge in [-0.2, -0.15) is 0 Å². The number of methoxy groups -OCH3 is 1. The van der Waals surface area contributed by atoms with E-state index in [2.05, 4.69) is 56.4 Å². The van der Waals surface area contributed by atoms with Crippen LogP contribution in [0.5, 0.6) is 5.75 Å². The molecule has 0 amide bonds. The number of rotatable bonds is 6. The lowest BCUT2D eigenvalue weighted by molar-refractivity contribution is 0.414. The maximum atomic E-state index is 5.24. The Morgan fingerprint density at radius 3 is 2.14 bits per heavy atom. The summed E-state index contributed by atoms with van der Waals surface area (Å²) in [5.74, 6) is 0.903. The molecule has 0 spiro atoms. The maximum absolute atomic E-state index is 5.24. The van der Waals surface area contributed by atoms with Crippen LogP contribution in [0.2, 0.25) is 0 Å². The van der Waals surface area contributed by atoms with Crippen LogP contribution in [0.3, 0.4) is 0 Å². The van der Waals surface area contributed by atoms with Crippen molar-refractivity contribution in [2.24, 2.45) is 0 Å². The minimum absolute atomic E-state index is 0.335. The van der Waals surface area contributed by atoms with E-state index in [1.807, 2.05) is 12.1 Å². The molecule has 0 radical (unpaired) electrons. The highest BCUT2D eigenvalue weighted by Crippen LogP contribution is 2.22. The second-order valence-electron chi connectivity index (χ2n) is 5.58. The Morgan fingerprint density at radius 1 is 1.00 bits per heavy atom. The summed E-state index contributed by atoms with van der Waals surface area (Å²) in [6.45, 7) is 7.43. The van der Waals surface area contributed by atoms with Crippen LogP contribution in [0.4, 0.5) is 0 Å². The third-order valence-electron chi connectivity index (χ3n) is 3.69. The molecule has 0 aliphatic carbocycles. The van der Waals surface area contributed by atoms with Gasteiger partial charge in [0.15, 0.2) is 0 Å². The molecular weight excluding hydrogens is 258 g/mol. The predicted octanol–water partition coefficient (Wildman–Crippen LogP) is 4.21. The molecule has 0 saturated heterocycles. The van der Waals surface area contributed by atoms with E-state index in [4.69, 9.17) is 4.74 Å². The summed E-state index contributed by atoms with van der Waals surface area (Å²) < 4.78 is 5.24. The van der Waals surface area contributed by atoms with Gasteiger partial charge in [0, 0.05) is 6.04 Å². The lowest BCUT2D eigenvalue weighted by Gasteiger charge is -2.19. The highest BCUT2D eigenvalue weighted by atomic mass is 16.5. The molecule has 0 aromatic heterocycles. The third kappa shape index (κ3) is 4.33. The van der Waals surface area contributed by atoms with Crippen molar-refractivity contribution in [1.29, 1.82) is 0 Å². The maximum Gasteiger partial charge on any atom is 0.118 e. The van der Waals surface area contributed by atoms with Crippen molar-refractivity contribution in [3.63, 3.8) is 0 Å². The number of aryl methyl sites for hydroxylation is 2. The second kappa shape index (κ2) is 7.28. The van der Waals surface area contributed by atoms with E-state index in [0.717, 1.165) is 18.7 Å². The smallest absolute Gasteiger partial charge is 0.118 e. The van der Waals surface area contributed by atoms with Crippen LogP contribution in [0.15, 0.2) is 42.5 Å². The van der Waals surface area contributed by atoms with Crippen LogP contribution in [0, 0.1) is 13.8 Å². The summed E-state index contributed by atoms with van der Waals surface area (Å²) in [7, 11) is 1.70. The van der Waals surface area contributed by atoms with Crippen molar-refractivity contribution in [3.05, 3.63) is 64.7 Å². The van der Waals surface area contributed by atoms with Crippen LogP contribution in [0.1, 0.15) is 35.2 Å². The predicted molar refractivity (Wildman–Crippen MR) is 89.0 cm³/mol. The van der Waals surface area contributed by atoms with Crippen molar-refractivity contribution < 1.29 is 4.74 Å². The molecule has 0 aliphatic heterocycles. The average Bonchev–Trinajstić information content (AvgIpc) is 2.46. The zero-order valence-electron chi connectivity index (χ0n) is 13.4. The number of nitrogens with one attached hydrogen (secondary N) is 1. The van der Waals surface area contributed by atoms with Crippen molar-refractivity contribution >= 4 is 0 Å². The van der Waals surface area contributed by atoms with Gasteiger partial charge in [-0.3, -0.25) is 0 Å². The van der Waals surface area contributed by atoms with Gasteiger partial charge >= 0.3 is 0 Å². The summed E-state index contributed by atoms with van der Waals surface area (Å²) in [5.41, 5.74) is 5.34. The molecular formula is C19H25NO. The fourth-order valence-electron chi connectivity index (χ4n) is 2.81. The van der Waals surface area contributed by atoms with E-state index in [1.165, 1.54) is 22.3 Å². The van der Waals surface area contributed by atoms with Gasteiger partial charge in [-0.25, -0.2) is 0 Å². The number of benzene rings is 2. The van der Waals surface area contributed by atoms with Crippen molar-refractivity contribution in [1.82, 2.24) is 5.32 Å². The minimum atomic E-state index is 0.335. The third-order valence-corrected chi connectivity index (χ3v) is 3.69. The van der Waals surface area contributed by atoms with Crippen LogP contribution in [-0.4, -0.2) is 13.7 Å². The van der Waals surface area contributed by atoms with E-state index in [-0.39, 0.29) is 0 Å². The fourth-order valence-corrected chi connectivity index (χ4v) is 2.81. The first-order valence-corrected chi connectivity index (χ1v) is 7.57. The molecule has 21 heavy (non-hydrogen) atoms. The number of likely N-dealkylation sites (N-methyl/N-ethyl adjacent to an activating group) is 1. The molecule has 1 unspecified atom stereocenters. The van der Waals surface area contributed by atoms with Crippen molar-refractivity contribution in [2.75, 3.05) is 13.7 Å². The molecule has 2 nitrogen and oxygen atoms in total. The summed E-state index contributed by atoms with van der Waals surface area (Å²) in [4.78, 5) is 0. The van der Waals surface area contributed by atoms with E-state index in [9.17, 15) is 0 Å². The van der Waals surface area contributed by atoms with Crippen LogP contribution in [-0.2, 0) is 6.42 Å². The largest absolute Gasteiger partial charge is 0.497 e. The van der Waals surface area contributed by atoms with Gasteiger partial charge in [0.1, 0.15) is 5.75 Å². The van der Waals surface area contributed by atoms with Gasteiger partial charge in [0.05, 0.1) is 7.11 Å². The van der Waals surface area contributed by atoms with Gasteiger partial charge in [-0.15, -0.1) is 0 Å². The van der Waals surface area contributed by atoms with Crippen LogP contribution in [0.25, 0.3) is 0 Å². The molecule has 0 heterocycles. The lowest BCUT2D eigenvalue weighted by Crippen LogP contribution is -2.23. The Hall–Kier alpha value is -1.80. The van der Waals surface area contributed by atoms with Gasteiger partial charge in [0.2, 0.25) is 0 Å². The molecule has 112 valence electrons. The van der Waals surface area contributed by atoms with Crippen molar-refractivity contribution in [2.45, 2.75) is 33.2 Å². The Morgan fingerprint density at radius 2 is 1.62 bits per heavy atom. The monoisotopic (exact) mass is 283 g/mol. The lowest BCUT2D eigenvalue weighted by atomic mass is 9.96. The zero-order valence-corrected chi connectivity index (χ0v) is 13.4. The van der Waals surface area contributed by atoms with Crippen molar-refractivity contribution in [3.8, 4) is 5.75 Å².